The van der Waals surface area contributed by atoms with Gasteiger partial charge in [-0.1, -0.05) is 42.5 Å². The Morgan fingerprint density at radius 1 is 1.12 bits per heavy atom. The monoisotopic (exact) mass is 338 g/mol. The van der Waals surface area contributed by atoms with E-state index in [2.05, 4.69) is 71.9 Å². The Bertz CT molecular complexity index is 833. The molecule has 5 heteroatoms. The lowest BCUT2D eigenvalue weighted by Gasteiger charge is -2.11. The van der Waals surface area contributed by atoms with Crippen LogP contribution >= 0.6 is 11.3 Å². The minimum atomic E-state index is 0.646. The smallest absolute Gasteiger partial charge is 0.191 e. The number of guanidine groups is 1. The maximum Gasteiger partial charge on any atom is 0.191 e. The van der Waals surface area contributed by atoms with Crippen molar-refractivity contribution in [2.45, 2.75) is 26.9 Å². The number of hydrogen-bond acceptors (Lipinski definition) is 3. The molecule has 2 aromatic carbocycles. The maximum atomic E-state index is 4.73. The van der Waals surface area contributed by atoms with Crippen LogP contribution in [-0.4, -0.2) is 17.5 Å². The van der Waals surface area contributed by atoms with E-state index in [1.54, 1.807) is 11.3 Å². The van der Waals surface area contributed by atoms with Gasteiger partial charge in [0, 0.05) is 17.6 Å². The summed E-state index contributed by atoms with van der Waals surface area (Å²) >= 11 is 1.71. The second kappa shape index (κ2) is 7.93. The first kappa shape index (κ1) is 16.5. The third-order valence-corrected chi connectivity index (χ3v) is 4.62. The van der Waals surface area contributed by atoms with Crippen molar-refractivity contribution in [1.82, 2.24) is 15.6 Å². The number of aromatic nitrogens is 1. The molecular formula is C19H22N4S. The van der Waals surface area contributed by atoms with Gasteiger partial charge in [-0.3, -0.25) is 0 Å². The summed E-state index contributed by atoms with van der Waals surface area (Å²) in [5.74, 6) is 0.818. The van der Waals surface area contributed by atoms with Crippen LogP contribution in [0, 0.1) is 6.92 Å². The van der Waals surface area contributed by atoms with Gasteiger partial charge in [-0.2, -0.15) is 0 Å². The molecule has 0 saturated heterocycles. The number of benzene rings is 2. The van der Waals surface area contributed by atoms with Gasteiger partial charge in [-0.05, 0) is 30.2 Å². The average Bonchev–Trinajstić information content (AvgIpc) is 3.03. The largest absolute Gasteiger partial charge is 0.357 e. The molecule has 2 N–H and O–H groups in total. The first-order valence-electron chi connectivity index (χ1n) is 8.16. The summed E-state index contributed by atoms with van der Waals surface area (Å²) in [6.07, 6.45) is 1.90. The van der Waals surface area contributed by atoms with Crippen molar-refractivity contribution < 1.29 is 0 Å². The summed E-state index contributed by atoms with van der Waals surface area (Å²) < 4.78 is 0. The van der Waals surface area contributed by atoms with Gasteiger partial charge in [0.2, 0.25) is 0 Å². The van der Waals surface area contributed by atoms with Gasteiger partial charge in [0.1, 0.15) is 5.01 Å². The van der Waals surface area contributed by atoms with Crippen LogP contribution in [0.1, 0.15) is 22.4 Å². The fraction of sp³-hybridized carbons (Fsp3) is 0.263. The molecule has 0 fully saturated rings. The molecule has 0 radical (unpaired) electrons. The predicted molar refractivity (Wildman–Crippen MR) is 102 cm³/mol. The van der Waals surface area contributed by atoms with Crippen molar-refractivity contribution in [1.29, 1.82) is 0 Å². The fourth-order valence-electron chi connectivity index (χ4n) is 2.58. The third kappa shape index (κ3) is 4.11. The molecule has 0 aliphatic rings. The van der Waals surface area contributed by atoms with E-state index >= 15 is 0 Å². The number of nitrogens with zero attached hydrogens (tertiary/aromatic N) is 2. The molecule has 0 spiro atoms. The molecule has 0 unspecified atom stereocenters. The van der Waals surface area contributed by atoms with Gasteiger partial charge >= 0.3 is 0 Å². The third-order valence-electron chi connectivity index (χ3n) is 3.71. The summed E-state index contributed by atoms with van der Waals surface area (Å²) in [6, 6.07) is 14.8. The molecular weight excluding hydrogens is 316 g/mol. The Kier molecular flexibility index (Phi) is 5.43. The molecule has 0 aliphatic heterocycles. The highest BCUT2D eigenvalue weighted by molar-refractivity contribution is 7.11. The van der Waals surface area contributed by atoms with Gasteiger partial charge in [0.05, 0.1) is 13.1 Å². The standard InChI is InChI=1S/C19H22N4S/c1-3-20-19(23-13-18-21-11-14(2)24-18)22-12-16-9-6-8-15-7-4-5-10-17(15)16/h4-11H,3,12-13H2,1-2H3,(H2,20,22,23). The Labute approximate surface area is 146 Å². The number of nitrogens with one attached hydrogen (secondary N) is 2. The zero-order valence-corrected chi connectivity index (χ0v) is 14.9. The summed E-state index contributed by atoms with van der Waals surface area (Å²) in [7, 11) is 0. The highest BCUT2D eigenvalue weighted by Gasteiger charge is 2.03. The van der Waals surface area contributed by atoms with E-state index in [0.29, 0.717) is 13.1 Å². The van der Waals surface area contributed by atoms with Crippen LogP contribution in [0.3, 0.4) is 0 Å². The molecule has 0 saturated carbocycles. The minimum absolute atomic E-state index is 0.646. The first-order valence-corrected chi connectivity index (χ1v) is 8.98. The molecule has 0 bridgehead atoms. The van der Waals surface area contributed by atoms with Crippen LogP contribution in [0.25, 0.3) is 10.8 Å². The van der Waals surface area contributed by atoms with Gasteiger partial charge in [-0.15, -0.1) is 11.3 Å². The van der Waals surface area contributed by atoms with E-state index in [-0.39, 0.29) is 0 Å². The molecule has 124 valence electrons. The van der Waals surface area contributed by atoms with Crippen molar-refractivity contribution >= 4 is 28.1 Å². The lowest BCUT2D eigenvalue weighted by molar-refractivity contribution is 0.812. The van der Waals surface area contributed by atoms with E-state index in [4.69, 9.17) is 4.99 Å². The second-order valence-electron chi connectivity index (χ2n) is 5.55. The number of thiazole rings is 1. The van der Waals surface area contributed by atoms with Crippen LogP contribution in [0.2, 0.25) is 0 Å². The SMILES string of the molecule is CCNC(=NCc1cccc2ccccc12)NCc1ncc(C)s1. The van der Waals surface area contributed by atoms with E-state index < -0.39 is 0 Å². The van der Waals surface area contributed by atoms with Crippen molar-refractivity contribution in [3.05, 3.63) is 64.1 Å². The minimum Gasteiger partial charge on any atom is -0.357 e. The topological polar surface area (TPSA) is 49.3 Å². The fourth-order valence-corrected chi connectivity index (χ4v) is 3.31. The zero-order chi connectivity index (χ0) is 16.8. The highest BCUT2D eigenvalue weighted by atomic mass is 32.1. The first-order chi connectivity index (χ1) is 11.8. The number of hydrogen-bond donors (Lipinski definition) is 2. The Morgan fingerprint density at radius 2 is 1.96 bits per heavy atom. The summed E-state index contributed by atoms with van der Waals surface area (Å²) in [5, 5.41) is 10.2. The van der Waals surface area contributed by atoms with E-state index in [1.807, 2.05) is 6.20 Å². The molecule has 4 nitrogen and oxygen atoms in total. The van der Waals surface area contributed by atoms with Crippen LogP contribution in [-0.2, 0) is 13.1 Å². The van der Waals surface area contributed by atoms with Crippen LogP contribution in [0.4, 0.5) is 0 Å². The predicted octanol–water partition coefficient (Wildman–Crippen LogP) is 3.86. The molecule has 1 aromatic heterocycles. The van der Waals surface area contributed by atoms with Gasteiger partial charge in [0.25, 0.3) is 0 Å². The lowest BCUT2D eigenvalue weighted by atomic mass is 10.1. The average molecular weight is 338 g/mol. The van der Waals surface area contributed by atoms with Crippen molar-refractivity contribution in [3.8, 4) is 0 Å². The van der Waals surface area contributed by atoms with Crippen LogP contribution in [0.15, 0.2) is 53.7 Å². The Hall–Kier alpha value is -2.40. The summed E-state index contributed by atoms with van der Waals surface area (Å²) in [4.78, 5) is 10.3. The van der Waals surface area contributed by atoms with Crippen molar-refractivity contribution in [2.24, 2.45) is 4.99 Å². The lowest BCUT2D eigenvalue weighted by Crippen LogP contribution is -2.36. The van der Waals surface area contributed by atoms with E-state index in [0.717, 1.165) is 17.5 Å². The number of aryl methyl sites for hydroxylation is 1. The molecule has 24 heavy (non-hydrogen) atoms. The van der Waals surface area contributed by atoms with E-state index in [1.165, 1.54) is 21.2 Å². The van der Waals surface area contributed by atoms with E-state index in [9.17, 15) is 0 Å². The van der Waals surface area contributed by atoms with Crippen molar-refractivity contribution in [2.75, 3.05) is 6.54 Å². The summed E-state index contributed by atoms with van der Waals surface area (Å²) in [6.45, 7) is 6.31. The van der Waals surface area contributed by atoms with Gasteiger partial charge < -0.3 is 10.6 Å². The van der Waals surface area contributed by atoms with Crippen LogP contribution < -0.4 is 10.6 Å². The number of aliphatic imine (C=N–C) groups is 1. The molecule has 3 aromatic rings. The maximum absolute atomic E-state index is 4.73. The second-order valence-corrected chi connectivity index (χ2v) is 6.87. The molecule has 0 aliphatic carbocycles. The quantitative estimate of drug-likeness (QED) is 0.548. The van der Waals surface area contributed by atoms with Gasteiger partial charge in [-0.25, -0.2) is 9.98 Å². The highest BCUT2D eigenvalue weighted by Crippen LogP contribution is 2.19. The summed E-state index contributed by atoms with van der Waals surface area (Å²) in [5.41, 5.74) is 1.23. The number of fused-ring (bicyclic) bond motifs is 1. The van der Waals surface area contributed by atoms with Gasteiger partial charge in [0.15, 0.2) is 5.96 Å². The molecule has 0 atom stereocenters. The number of rotatable bonds is 5. The Balaban J connectivity index is 1.72. The normalized spacial score (nSPS) is 11.7. The van der Waals surface area contributed by atoms with Crippen molar-refractivity contribution in [3.63, 3.8) is 0 Å². The molecule has 0 amide bonds. The zero-order valence-electron chi connectivity index (χ0n) is 14.0. The molecule has 1 heterocycles. The van der Waals surface area contributed by atoms with Crippen LogP contribution in [0.5, 0.6) is 0 Å². The Morgan fingerprint density at radius 3 is 2.75 bits per heavy atom. The molecule has 3 rings (SSSR count).